The number of nitrogens with one attached hydrogen (secondary N) is 2. The summed E-state index contributed by atoms with van der Waals surface area (Å²) in [5.74, 6) is -0.0478. The summed E-state index contributed by atoms with van der Waals surface area (Å²) in [5, 5.41) is 5.53. The molecular formula is C13H18F2N2O2. The van der Waals surface area contributed by atoms with E-state index in [1.54, 1.807) is 19.2 Å². The third kappa shape index (κ3) is 5.65. The molecule has 0 radical (unpaired) electrons. The lowest BCUT2D eigenvalue weighted by atomic mass is 10.1. The van der Waals surface area contributed by atoms with Gasteiger partial charge in [0.2, 0.25) is 5.91 Å². The minimum absolute atomic E-state index is 0.0921. The molecule has 0 bridgehead atoms. The number of ether oxygens (including phenoxy) is 1. The molecule has 4 nitrogen and oxygen atoms in total. The minimum Gasteiger partial charge on any atom is -0.434 e. The van der Waals surface area contributed by atoms with Crippen LogP contribution >= 0.6 is 0 Å². The van der Waals surface area contributed by atoms with Gasteiger partial charge in [-0.2, -0.15) is 8.78 Å². The number of hydrogen-bond donors (Lipinski definition) is 2. The number of aryl methyl sites for hydroxylation is 1. The van der Waals surface area contributed by atoms with Gasteiger partial charge in [0.1, 0.15) is 5.75 Å². The third-order valence-corrected chi connectivity index (χ3v) is 2.51. The molecule has 0 atom stereocenters. The first-order valence-corrected chi connectivity index (χ1v) is 5.98. The van der Waals surface area contributed by atoms with Crippen molar-refractivity contribution >= 4 is 5.91 Å². The van der Waals surface area contributed by atoms with Gasteiger partial charge < -0.3 is 15.4 Å². The van der Waals surface area contributed by atoms with Crippen LogP contribution < -0.4 is 15.4 Å². The van der Waals surface area contributed by atoms with Crippen molar-refractivity contribution in [2.24, 2.45) is 0 Å². The van der Waals surface area contributed by atoms with E-state index in [2.05, 4.69) is 15.4 Å². The lowest BCUT2D eigenvalue weighted by molar-refractivity contribution is -0.121. The molecule has 6 heteroatoms. The van der Waals surface area contributed by atoms with E-state index >= 15 is 0 Å². The third-order valence-electron chi connectivity index (χ3n) is 2.51. The summed E-state index contributed by atoms with van der Waals surface area (Å²) in [4.78, 5) is 11.5. The fraction of sp³-hybridized carbons (Fsp3) is 0.462. The maximum atomic E-state index is 12.2. The van der Waals surface area contributed by atoms with Crippen LogP contribution in [0.15, 0.2) is 18.2 Å². The van der Waals surface area contributed by atoms with Crippen molar-refractivity contribution in [3.63, 3.8) is 0 Å². The van der Waals surface area contributed by atoms with Crippen molar-refractivity contribution in [3.05, 3.63) is 29.3 Å². The molecule has 1 aromatic carbocycles. The van der Waals surface area contributed by atoms with Crippen molar-refractivity contribution in [3.8, 4) is 5.75 Å². The van der Waals surface area contributed by atoms with Crippen LogP contribution in [-0.2, 0) is 11.3 Å². The fourth-order valence-electron chi connectivity index (χ4n) is 1.58. The van der Waals surface area contributed by atoms with Gasteiger partial charge in [-0.3, -0.25) is 4.79 Å². The van der Waals surface area contributed by atoms with Gasteiger partial charge in [0, 0.05) is 25.1 Å². The van der Waals surface area contributed by atoms with Crippen LogP contribution in [0.25, 0.3) is 0 Å². The number of alkyl halides is 2. The number of carbonyl (C=O) groups excluding carboxylic acids is 1. The van der Waals surface area contributed by atoms with Crippen LogP contribution in [0.4, 0.5) is 8.78 Å². The highest BCUT2D eigenvalue weighted by molar-refractivity contribution is 5.76. The van der Waals surface area contributed by atoms with E-state index in [0.717, 1.165) is 5.56 Å². The van der Waals surface area contributed by atoms with E-state index < -0.39 is 6.61 Å². The zero-order chi connectivity index (χ0) is 14.3. The number of benzene rings is 1. The molecule has 0 heterocycles. The summed E-state index contributed by atoms with van der Waals surface area (Å²) >= 11 is 0. The highest BCUT2D eigenvalue weighted by Crippen LogP contribution is 2.21. The van der Waals surface area contributed by atoms with Crippen LogP contribution in [-0.4, -0.2) is 26.1 Å². The van der Waals surface area contributed by atoms with Gasteiger partial charge in [0.15, 0.2) is 0 Å². The quantitative estimate of drug-likeness (QED) is 0.796. The second kappa shape index (κ2) is 7.68. The lowest BCUT2D eigenvalue weighted by Gasteiger charge is -2.12. The average molecular weight is 272 g/mol. The smallest absolute Gasteiger partial charge is 0.387 e. The van der Waals surface area contributed by atoms with E-state index in [4.69, 9.17) is 0 Å². The molecule has 0 fully saturated rings. The van der Waals surface area contributed by atoms with Crippen molar-refractivity contribution in [1.82, 2.24) is 10.6 Å². The van der Waals surface area contributed by atoms with E-state index in [1.807, 2.05) is 6.92 Å². The number of halogens is 2. The first-order valence-electron chi connectivity index (χ1n) is 5.98. The topological polar surface area (TPSA) is 50.4 Å². The maximum absolute atomic E-state index is 12.2. The van der Waals surface area contributed by atoms with Crippen molar-refractivity contribution < 1.29 is 18.3 Å². The number of hydrogen-bond acceptors (Lipinski definition) is 3. The van der Waals surface area contributed by atoms with Gasteiger partial charge in [-0.05, 0) is 20.0 Å². The molecular weight excluding hydrogens is 254 g/mol. The predicted molar refractivity (Wildman–Crippen MR) is 68.2 cm³/mol. The highest BCUT2D eigenvalue weighted by atomic mass is 19.3. The fourth-order valence-corrected chi connectivity index (χ4v) is 1.58. The summed E-state index contributed by atoms with van der Waals surface area (Å²) in [6.45, 7) is -0.286. The summed E-state index contributed by atoms with van der Waals surface area (Å²) in [6.07, 6.45) is 0.341. The molecule has 2 N–H and O–H groups in total. The Labute approximate surface area is 111 Å². The molecule has 0 saturated heterocycles. The minimum atomic E-state index is -2.87. The largest absolute Gasteiger partial charge is 0.434 e. The van der Waals surface area contributed by atoms with Gasteiger partial charge in [0.25, 0.3) is 0 Å². The molecule has 0 spiro atoms. The Morgan fingerprint density at radius 2 is 2.16 bits per heavy atom. The van der Waals surface area contributed by atoms with Gasteiger partial charge in [-0.25, -0.2) is 0 Å². The van der Waals surface area contributed by atoms with E-state index in [0.29, 0.717) is 18.5 Å². The molecule has 0 aromatic heterocycles. The Hall–Kier alpha value is -1.69. The monoisotopic (exact) mass is 272 g/mol. The van der Waals surface area contributed by atoms with E-state index in [1.165, 1.54) is 6.07 Å². The number of rotatable bonds is 7. The zero-order valence-corrected chi connectivity index (χ0v) is 11.0. The Morgan fingerprint density at radius 1 is 1.42 bits per heavy atom. The van der Waals surface area contributed by atoms with Gasteiger partial charge in [0.05, 0.1) is 0 Å². The lowest BCUT2D eigenvalue weighted by Crippen LogP contribution is -2.26. The average Bonchev–Trinajstić information content (AvgIpc) is 2.36. The molecule has 19 heavy (non-hydrogen) atoms. The molecule has 1 amide bonds. The molecule has 0 aliphatic rings. The standard InChI is InChI=1S/C13H18F2N2O2/c1-9-3-4-11(19-13(14)15)10(7-9)8-17-12(18)5-6-16-2/h3-4,7,13,16H,5-6,8H2,1-2H3,(H,17,18). The normalized spacial score (nSPS) is 10.6. The van der Waals surface area contributed by atoms with Crippen LogP contribution in [0.5, 0.6) is 5.75 Å². The van der Waals surface area contributed by atoms with Crippen molar-refractivity contribution in [1.29, 1.82) is 0 Å². The molecule has 1 aromatic rings. The summed E-state index contributed by atoms with van der Waals surface area (Å²) in [6, 6.07) is 4.89. The Kier molecular flexibility index (Phi) is 6.21. The number of carbonyl (C=O) groups is 1. The molecule has 0 unspecified atom stereocenters. The molecule has 106 valence electrons. The van der Waals surface area contributed by atoms with E-state index in [9.17, 15) is 13.6 Å². The highest BCUT2D eigenvalue weighted by Gasteiger charge is 2.10. The van der Waals surface area contributed by atoms with Gasteiger partial charge >= 0.3 is 6.61 Å². The Morgan fingerprint density at radius 3 is 2.79 bits per heavy atom. The van der Waals surface area contributed by atoms with Gasteiger partial charge in [-0.15, -0.1) is 0 Å². The molecule has 0 aliphatic heterocycles. The van der Waals surface area contributed by atoms with Crippen LogP contribution in [0.3, 0.4) is 0 Å². The van der Waals surface area contributed by atoms with E-state index in [-0.39, 0.29) is 18.2 Å². The summed E-state index contributed by atoms with van der Waals surface area (Å²) < 4.78 is 28.9. The molecule has 1 rings (SSSR count). The second-order valence-corrected chi connectivity index (χ2v) is 4.12. The summed E-state index contributed by atoms with van der Waals surface area (Å²) in [5.41, 5.74) is 1.46. The van der Waals surface area contributed by atoms with Crippen LogP contribution in [0, 0.1) is 6.92 Å². The first-order chi connectivity index (χ1) is 9.02. The predicted octanol–water partition coefficient (Wildman–Crippen LogP) is 1.82. The Balaban J connectivity index is 2.65. The van der Waals surface area contributed by atoms with Crippen molar-refractivity contribution in [2.45, 2.75) is 26.5 Å². The van der Waals surface area contributed by atoms with Crippen LogP contribution in [0.2, 0.25) is 0 Å². The zero-order valence-electron chi connectivity index (χ0n) is 11.0. The maximum Gasteiger partial charge on any atom is 0.387 e. The second-order valence-electron chi connectivity index (χ2n) is 4.12. The Bertz CT molecular complexity index is 425. The van der Waals surface area contributed by atoms with Crippen molar-refractivity contribution in [2.75, 3.05) is 13.6 Å². The first kappa shape index (κ1) is 15.4. The molecule has 0 aliphatic carbocycles. The van der Waals surface area contributed by atoms with Gasteiger partial charge in [-0.1, -0.05) is 17.7 Å². The van der Waals surface area contributed by atoms with Crippen LogP contribution in [0.1, 0.15) is 17.5 Å². The summed E-state index contributed by atoms with van der Waals surface area (Å²) in [7, 11) is 1.75. The number of amides is 1. The SMILES string of the molecule is CNCCC(=O)NCc1cc(C)ccc1OC(F)F. The molecule has 0 saturated carbocycles.